The molecule has 6 nitrogen and oxygen atoms in total. The Labute approximate surface area is 201 Å². The second-order valence-electron chi connectivity index (χ2n) is 8.70. The van der Waals surface area contributed by atoms with Crippen LogP contribution in [0.4, 0.5) is 0 Å². The van der Waals surface area contributed by atoms with Crippen molar-refractivity contribution >= 4 is 45.8 Å². The molecule has 1 aliphatic carbocycles. The molecule has 3 atom stereocenters. The Morgan fingerprint density at radius 1 is 1.00 bits per heavy atom. The van der Waals surface area contributed by atoms with Crippen LogP contribution in [0.15, 0.2) is 53.6 Å². The fourth-order valence-corrected chi connectivity index (χ4v) is 5.54. The van der Waals surface area contributed by atoms with Crippen LogP contribution in [0, 0.1) is 0 Å². The van der Waals surface area contributed by atoms with E-state index < -0.39 is 6.23 Å². The highest BCUT2D eigenvalue weighted by molar-refractivity contribution is 6.42. The molecule has 8 heteroatoms. The molecule has 168 valence electrons. The van der Waals surface area contributed by atoms with E-state index in [4.69, 9.17) is 27.9 Å². The lowest BCUT2D eigenvalue weighted by Gasteiger charge is -2.21. The van der Waals surface area contributed by atoms with E-state index in [-0.39, 0.29) is 18.0 Å². The highest BCUT2D eigenvalue weighted by Gasteiger charge is 2.40. The third-order valence-electron chi connectivity index (χ3n) is 6.72. The number of ether oxygens (including phenoxy) is 1. The summed E-state index contributed by atoms with van der Waals surface area (Å²) in [6.45, 7) is 1.46. The third-order valence-corrected chi connectivity index (χ3v) is 7.55. The van der Waals surface area contributed by atoms with Gasteiger partial charge in [-0.3, -0.25) is 4.79 Å². The molecule has 0 aromatic heterocycles. The van der Waals surface area contributed by atoms with Crippen molar-refractivity contribution in [2.75, 3.05) is 0 Å². The lowest BCUT2D eigenvalue weighted by atomic mass is 9.93. The van der Waals surface area contributed by atoms with Crippen molar-refractivity contribution in [3.8, 4) is 0 Å². The number of aryl methyl sites for hydroxylation is 2. The van der Waals surface area contributed by atoms with Crippen LogP contribution in [0.25, 0.3) is 10.8 Å². The zero-order valence-corrected chi connectivity index (χ0v) is 19.5. The largest absolute Gasteiger partial charge is 0.448 e. The molecule has 2 N–H and O–H groups in total. The van der Waals surface area contributed by atoms with Crippen molar-refractivity contribution in [1.82, 2.24) is 15.9 Å². The minimum absolute atomic E-state index is 0.0887. The van der Waals surface area contributed by atoms with Crippen molar-refractivity contribution in [1.29, 1.82) is 0 Å². The number of carbonyl (C=O) groups excluding carboxylic acids is 1. The van der Waals surface area contributed by atoms with E-state index in [2.05, 4.69) is 46.3 Å². The SMILES string of the molecule is CC(=O)N1N=C(C2CC(c3ccc4c5c(cccc35)CC4)NN2)OC1c1cccc(Cl)c1Cl. The average molecular weight is 481 g/mol. The van der Waals surface area contributed by atoms with E-state index in [9.17, 15) is 4.79 Å². The zero-order valence-electron chi connectivity index (χ0n) is 17.9. The van der Waals surface area contributed by atoms with Gasteiger partial charge in [0, 0.05) is 18.5 Å². The number of hydrogen-bond acceptors (Lipinski definition) is 5. The van der Waals surface area contributed by atoms with E-state index in [0.29, 0.717) is 21.5 Å². The van der Waals surface area contributed by atoms with Crippen molar-refractivity contribution in [2.45, 2.75) is 44.5 Å². The number of hydrazine groups is 1. The second kappa shape index (κ2) is 7.99. The minimum Gasteiger partial charge on any atom is -0.448 e. The van der Waals surface area contributed by atoms with E-state index >= 15 is 0 Å². The molecule has 6 rings (SSSR count). The topological polar surface area (TPSA) is 66.0 Å². The van der Waals surface area contributed by atoms with Crippen molar-refractivity contribution in [3.05, 3.63) is 80.8 Å². The molecule has 1 saturated heterocycles. The number of nitrogens with zero attached hydrogens (tertiary/aromatic N) is 2. The maximum atomic E-state index is 12.3. The standard InChI is InChI=1S/C25H22Cl2N4O2/c1-13(32)31-25(18-6-3-7-19(26)23(18)27)33-24(30-31)21-12-20(28-29-21)16-11-10-15-9-8-14-4-2-5-17(16)22(14)15/h2-7,10-11,20-21,25,28-29H,8-9,12H2,1H3. The maximum absolute atomic E-state index is 12.3. The Balaban J connectivity index is 1.28. The minimum atomic E-state index is -0.749. The van der Waals surface area contributed by atoms with Gasteiger partial charge in [0.05, 0.1) is 10.0 Å². The number of rotatable bonds is 3. The Morgan fingerprint density at radius 3 is 2.58 bits per heavy atom. The number of hydrogen-bond donors (Lipinski definition) is 2. The summed E-state index contributed by atoms with van der Waals surface area (Å²) in [6, 6.07) is 16.2. The number of amides is 1. The van der Waals surface area contributed by atoms with E-state index in [1.165, 1.54) is 39.4 Å². The summed E-state index contributed by atoms with van der Waals surface area (Å²) >= 11 is 12.6. The summed E-state index contributed by atoms with van der Waals surface area (Å²) in [7, 11) is 0. The van der Waals surface area contributed by atoms with Gasteiger partial charge in [-0.15, -0.1) is 5.10 Å². The fraction of sp³-hybridized carbons (Fsp3) is 0.280. The van der Waals surface area contributed by atoms with Crippen LogP contribution in [0.1, 0.15) is 47.9 Å². The molecule has 33 heavy (non-hydrogen) atoms. The summed E-state index contributed by atoms with van der Waals surface area (Å²) in [5, 5.41) is 9.28. The predicted molar refractivity (Wildman–Crippen MR) is 129 cm³/mol. The molecule has 0 spiro atoms. The molecular formula is C25H22Cl2N4O2. The van der Waals surface area contributed by atoms with E-state index in [1.807, 2.05) is 0 Å². The van der Waals surface area contributed by atoms with Gasteiger partial charge in [-0.25, -0.2) is 10.9 Å². The number of carbonyl (C=O) groups is 1. The molecule has 3 aromatic carbocycles. The summed E-state index contributed by atoms with van der Waals surface area (Å²) in [4.78, 5) is 12.3. The Morgan fingerprint density at radius 2 is 1.76 bits per heavy atom. The summed E-state index contributed by atoms with van der Waals surface area (Å²) in [6.07, 6.45) is 2.20. The van der Waals surface area contributed by atoms with Crippen molar-refractivity contribution in [3.63, 3.8) is 0 Å². The van der Waals surface area contributed by atoms with Crippen LogP contribution >= 0.6 is 23.2 Å². The van der Waals surface area contributed by atoms with Crippen molar-refractivity contribution in [2.24, 2.45) is 5.10 Å². The molecule has 0 bridgehead atoms. The van der Waals surface area contributed by atoms with Crippen LogP contribution < -0.4 is 10.9 Å². The van der Waals surface area contributed by atoms with Gasteiger partial charge in [0.1, 0.15) is 6.04 Å². The average Bonchev–Trinajstić information content (AvgIpc) is 3.55. The van der Waals surface area contributed by atoms with Gasteiger partial charge >= 0.3 is 0 Å². The first-order chi connectivity index (χ1) is 16.0. The van der Waals surface area contributed by atoms with Crippen LogP contribution in [-0.4, -0.2) is 22.9 Å². The molecule has 3 aliphatic rings. The Hall–Kier alpha value is -2.64. The normalized spacial score (nSPS) is 23.8. The quantitative estimate of drug-likeness (QED) is 0.550. The highest BCUT2D eigenvalue weighted by atomic mass is 35.5. The fourth-order valence-electron chi connectivity index (χ4n) is 5.14. The lowest BCUT2D eigenvalue weighted by molar-refractivity contribution is -0.135. The van der Waals surface area contributed by atoms with Crippen LogP contribution in [-0.2, 0) is 22.4 Å². The lowest BCUT2D eigenvalue weighted by Crippen LogP contribution is -2.36. The first kappa shape index (κ1) is 20.9. The van der Waals surface area contributed by atoms with Gasteiger partial charge in [-0.1, -0.05) is 65.7 Å². The molecule has 1 amide bonds. The third kappa shape index (κ3) is 3.40. The first-order valence-electron chi connectivity index (χ1n) is 11.0. The number of hydrazone groups is 1. The van der Waals surface area contributed by atoms with Gasteiger partial charge in [0.25, 0.3) is 0 Å². The first-order valence-corrected chi connectivity index (χ1v) is 11.8. The van der Waals surface area contributed by atoms with Gasteiger partial charge < -0.3 is 4.74 Å². The number of halogens is 2. The Bertz CT molecular complexity index is 1310. The molecule has 3 aromatic rings. The summed E-state index contributed by atoms with van der Waals surface area (Å²) < 4.78 is 6.17. The van der Waals surface area contributed by atoms with Gasteiger partial charge in [-0.05, 0) is 52.8 Å². The van der Waals surface area contributed by atoms with Crippen LogP contribution in [0.3, 0.4) is 0 Å². The molecule has 1 fully saturated rings. The van der Waals surface area contributed by atoms with Crippen LogP contribution in [0.5, 0.6) is 0 Å². The second-order valence-corrected chi connectivity index (χ2v) is 9.48. The van der Waals surface area contributed by atoms with Gasteiger partial charge in [0.15, 0.2) is 0 Å². The molecule has 3 unspecified atom stereocenters. The molecule has 0 saturated carbocycles. The molecular weight excluding hydrogens is 459 g/mol. The Kier molecular flexibility index (Phi) is 5.07. The predicted octanol–water partition coefficient (Wildman–Crippen LogP) is 5.04. The van der Waals surface area contributed by atoms with Crippen molar-refractivity contribution < 1.29 is 9.53 Å². The van der Waals surface area contributed by atoms with Gasteiger partial charge in [0.2, 0.25) is 18.0 Å². The number of nitrogens with one attached hydrogen (secondary N) is 2. The molecule has 2 aliphatic heterocycles. The summed E-state index contributed by atoms with van der Waals surface area (Å²) in [5.74, 6) is 0.216. The van der Waals surface area contributed by atoms with Gasteiger partial charge in [-0.2, -0.15) is 5.01 Å². The highest BCUT2D eigenvalue weighted by Crippen LogP contribution is 2.39. The summed E-state index contributed by atoms with van der Waals surface area (Å²) in [5.41, 5.74) is 11.4. The zero-order chi connectivity index (χ0) is 22.7. The van der Waals surface area contributed by atoms with E-state index in [1.54, 1.807) is 18.2 Å². The molecule has 2 heterocycles. The number of benzene rings is 3. The van der Waals surface area contributed by atoms with Crippen LogP contribution in [0.2, 0.25) is 10.0 Å². The smallest absolute Gasteiger partial charge is 0.243 e. The molecule has 0 radical (unpaired) electrons. The van der Waals surface area contributed by atoms with E-state index in [0.717, 1.165) is 19.3 Å². The monoisotopic (exact) mass is 480 g/mol. The maximum Gasteiger partial charge on any atom is 0.243 e.